The molecule has 1 atom stereocenters. The minimum atomic E-state index is -0.773. The monoisotopic (exact) mass is 1030 g/mol. The van der Waals surface area contributed by atoms with Gasteiger partial charge in [-0.15, -0.1) is 0 Å². The highest BCUT2D eigenvalue weighted by Gasteiger charge is 2.19. The topological polar surface area (TPSA) is 78.9 Å². The Morgan fingerprint density at radius 1 is 0.274 bits per heavy atom. The van der Waals surface area contributed by atoms with E-state index >= 15 is 0 Å². The standard InChI is InChI=1S/C67H126O6/c1-4-7-10-13-16-19-22-24-25-26-27-28-29-30-31-32-33-34-35-36-37-38-39-40-41-42-44-45-48-51-54-57-60-66(69)72-63-64(62-71-65(68)59-56-53-50-47-21-18-15-12-9-6-3)73-67(70)61-58-55-52-49-46-43-23-20-17-14-11-8-5-2/h11,14,20,23,64H,4-10,12-13,15-19,21-22,24-63H2,1-3H3/b14-11-,23-20-. The number of ether oxygens (including phenoxy) is 3. The van der Waals surface area contributed by atoms with Crippen LogP contribution in [0.25, 0.3) is 0 Å². The molecule has 0 aromatic rings. The van der Waals surface area contributed by atoms with Gasteiger partial charge in [-0.2, -0.15) is 0 Å². The van der Waals surface area contributed by atoms with E-state index in [1.807, 2.05) is 0 Å². The predicted molar refractivity (Wildman–Crippen MR) is 316 cm³/mol. The van der Waals surface area contributed by atoms with Crippen molar-refractivity contribution in [1.29, 1.82) is 0 Å². The third kappa shape index (κ3) is 60.6. The normalized spacial score (nSPS) is 12.1. The summed E-state index contributed by atoms with van der Waals surface area (Å²) in [6, 6.07) is 0. The molecule has 0 saturated heterocycles. The lowest BCUT2D eigenvalue weighted by Crippen LogP contribution is -2.30. The Morgan fingerprint density at radius 2 is 0.521 bits per heavy atom. The largest absolute Gasteiger partial charge is 0.462 e. The van der Waals surface area contributed by atoms with Crippen molar-refractivity contribution in [2.24, 2.45) is 0 Å². The molecule has 0 aromatic heterocycles. The number of rotatable bonds is 61. The van der Waals surface area contributed by atoms with Crippen LogP contribution < -0.4 is 0 Å². The molecule has 0 bridgehead atoms. The van der Waals surface area contributed by atoms with Crippen molar-refractivity contribution in [2.45, 2.75) is 374 Å². The van der Waals surface area contributed by atoms with Crippen LogP contribution in [-0.4, -0.2) is 37.2 Å². The molecular formula is C67H126O6. The lowest BCUT2D eigenvalue weighted by atomic mass is 10.0. The molecule has 0 aliphatic carbocycles. The number of esters is 3. The Hall–Kier alpha value is -2.11. The van der Waals surface area contributed by atoms with Gasteiger partial charge in [-0.25, -0.2) is 0 Å². The zero-order valence-electron chi connectivity index (χ0n) is 49.4. The first kappa shape index (κ1) is 70.9. The highest BCUT2D eigenvalue weighted by Crippen LogP contribution is 2.18. The molecule has 6 nitrogen and oxygen atoms in total. The summed E-state index contributed by atoms with van der Waals surface area (Å²) in [4.78, 5) is 38.1. The van der Waals surface area contributed by atoms with Gasteiger partial charge in [-0.1, -0.05) is 328 Å². The third-order valence-corrected chi connectivity index (χ3v) is 14.9. The van der Waals surface area contributed by atoms with Gasteiger partial charge in [0.2, 0.25) is 0 Å². The summed E-state index contributed by atoms with van der Waals surface area (Å²) in [5.41, 5.74) is 0. The fourth-order valence-electron chi connectivity index (χ4n) is 10.0. The third-order valence-electron chi connectivity index (χ3n) is 14.9. The van der Waals surface area contributed by atoms with Gasteiger partial charge in [0.1, 0.15) is 13.2 Å². The van der Waals surface area contributed by atoms with Crippen molar-refractivity contribution in [3.05, 3.63) is 24.3 Å². The van der Waals surface area contributed by atoms with Crippen LogP contribution >= 0.6 is 0 Å². The number of allylic oxidation sites excluding steroid dienone is 4. The van der Waals surface area contributed by atoms with E-state index in [-0.39, 0.29) is 31.1 Å². The van der Waals surface area contributed by atoms with E-state index in [2.05, 4.69) is 45.1 Å². The zero-order valence-corrected chi connectivity index (χ0v) is 49.4. The number of hydrogen-bond donors (Lipinski definition) is 0. The van der Waals surface area contributed by atoms with Gasteiger partial charge in [-0.05, 0) is 44.9 Å². The molecule has 0 rings (SSSR count). The highest BCUT2D eigenvalue weighted by atomic mass is 16.6. The summed E-state index contributed by atoms with van der Waals surface area (Å²) >= 11 is 0. The van der Waals surface area contributed by atoms with E-state index < -0.39 is 6.10 Å². The predicted octanol–water partition coefficient (Wildman–Crippen LogP) is 22.2. The van der Waals surface area contributed by atoms with Gasteiger partial charge < -0.3 is 14.2 Å². The second-order valence-corrected chi connectivity index (χ2v) is 22.4. The molecule has 0 amide bonds. The van der Waals surface area contributed by atoms with Crippen LogP contribution in [0.2, 0.25) is 0 Å². The van der Waals surface area contributed by atoms with Crippen LogP contribution in [-0.2, 0) is 28.6 Å². The molecule has 0 radical (unpaired) electrons. The van der Waals surface area contributed by atoms with E-state index in [0.29, 0.717) is 19.3 Å². The maximum atomic E-state index is 12.8. The Labute approximate surface area is 455 Å². The fraction of sp³-hybridized carbons (Fsp3) is 0.896. The molecule has 1 unspecified atom stereocenters. The van der Waals surface area contributed by atoms with Crippen LogP contribution in [0, 0.1) is 0 Å². The maximum Gasteiger partial charge on any atom is 0.306 e. The quantitative estimate of drug-likeness (QED) is 0.0261. The van der Waals surface area contributed by atoms with Gasteiger partial charge in [0.05, 0.1) is 0 Å². The average Bonchev–Trinajstić information content (AvgIpc) is 3.39. The minimum Gasteiger partial charge on any atom is -0.462 e. The second-order valence-electron chi connectivity index (χ2n) is 22.4. The maximum absolute atomic E-state index is 12.8. The Morgan fingerprint density at radius 3 is 0.808 bits per heavy atom. The van der Waals surface area contributed by atoms with Crippen LogP contribution in [0.3, 0.4) is 0 Å². The molecule has 0 fully saturated rings. The molecule has 0 aliphatic heterocycles. The van der Waals surface area contributed by atoms with Crippen LogP contribution in [0.5, 0.6) is 0 Å². The fourth-order valence-corrected chi connectivity index (χ4v) is 10.0. The smallest absolute Gasteiger partial charge is 0.306 e. The highest BCUT2D eigenvalue weighted by molar-refractivity contribution is 5.71. The van der Waals surface area contributed by atoms with Crippen molar-refractivity contribution < 1.29 is 28.6 Å². The Kier molecular flexibility index (Phi) is 60.6. The van der Waals surface area contributed by atoms with Crippen molar-refractivity contribution in [1.82, 2.24) is 0 Å². The first-order chi connectivity index (χ1) is 36.0. The molecule has 6 heteroatoms. The van der Waals surface area contributed by atoms with Crippen LogP contribution in [0.15, 0.2) is 24.3 Å². The summed E-state index contributed by atoms with van der Waals surface area (Å²) < 4.78 is 16.9. The average molecular weight is 1030 g/mol. The number of carbonyl (C=O) groups is 3. The van der Waals surface area contributed by atoms with Gasteiger partial charge >= 0.3 is 17.9 Å². The van der Waals surface area contributed by atoms with Gasteiger partial charge in [0.15, 0.2) is 6.10 Å². The molecule has 0 spiro atoms. The summed E-state index contributed by atoms with van der Waals surface area (Å²) in [5, 5.41) is 0. The Balaban J connectivity index is 3.99. The molecule has 73 heavy (non-hydrogen) atoms. The van der Waals surface area contributed by atoms with Crippen molar-refractivity contribution in [2.75, 3.05) is 13.2 Å². The van der Waals surface area contributed by atoms with Crippen molar-refractivity contribution >= 4 is 17.9 Å². The molecule has 0 saturated carbocycles. The lowest BCUT2D eigenvalue weighted by Gasteiger charge is -2.18. The summed E-state index contributed by atoms with van der Waals surface area (Å²) in [5.74, 6) is -0.866. The van der Waals surface area contributed by atoms with E-state index in [0.717, 1.165) is 89.9 Å². The summed E-state index contributed by atoms with van der Waals surface area (Å²) in [6.07, 6.45) is 75.1. The first-order valence-electron chi connectivity index (χ1n) is 32.8. The summed E-state index contributed by atoms with van der Waals surface area (Å²) in [6.45, 7) is 6.61. The number of unbranched alkanes of at least 4 members (excludes halogenated alkanes) is 46. The van der Waals surface area contributed by atoms with E-state index in [9.17, 15) is 14.4 Å². The molecule has 0 heterocycles. The van der Waals surface area contributed by atoms with E-state index in [1.165, 1.54) is 238 Å². The minimum absolute atomic E-state index is 0.0718. The first-order valence-corrected chi connectivity index (χ1v) is 32.8. The van der Waals surface area contributed by atoms with Crippen LogP contribution in [0.4, 0.5) is 0 Å². The second kappa shape index (κ2) is 62.4. The molecule has 0 aliphatic rings. The summed E-state index contributed by atoms with van der Waals surface area (Å²) in [7, 11) is 0. The molecular weight excluding hydrogens is 901 g/mol. The van der Waals surface area contributed by atoms with Gasteiger partial charge in [0.25, 0.3) is 0 Å². The molecule has 0 aromatic carbocycles. The van der Waals surface area contributed by atoms with E-state index in [4.69, 9.17) is 14.2 Å². The Bertz CT molecular complexity index is 1180. The molecule has 430 valence electrons. The zero-order chi connectivity index (χ0) is 52.9. The SMILES string of the molecule is CCC/C=C\C/C=C\CCCCCCCC(=O)OC(COC(=O)CCCCCCCCCCCC)COC(=O)CCCCCCCCCCCCCCCCCCCCCCCCCCCCCCCCCC. The van der Waals surface area contributed by atoms with Gasteiger partial charge in [0, 0.05) is 19.3 Å². The molecule has 0 N–H and O–H groups in total. The van der Waals surface area contributed by atoms with Crippen molar-refractivity contribution in [3.8, 4) is 0 Å². The number of hydrogen-bond acceptors (Lipinski definition) is 6. The lowest BCUT2D eigenvalue weighted by molar-refractivity contribution is -0.167. The van der Waals surface area contributed by atoms with Crippen LogP contribution in [0.1, 0.15) is 367 Å². The number of carbonyl (C=O) groups excluding carboxylic acids is 3. The van der Waals surface area contributed by atoms with Gasteiger partial charge in [-0.3, -0.25) is 14.4 Å². The van der Waals surface area contributed by atoms with E-state index in [1.54, 1.807) is 0 Å². The van der Waals surface area contributed by atoms with Crippen molar-refractivity contribution in [3.63, 3.8) is 0 Å².